The molecule has 2 rings (SSSR count). The molecule has 0 spiro atoms. The third kappa shape index (κ3) is 3.66. The number of sulfone groups is 1. The molecule has 1 aromatic heterocycles. The Labute approximate surface area is 131 Å². The Morgan fingerprint density at radius 3 is 2.41 bits per heavy atom. The van der Waals surface area contributed by atoms with Gasteiger partial charge in [0.25, 0.3) is 0 Å². The van der Waals surface area contributed by atoms with Gasteiger partial charge in [0.1, 0.15) is 11.0 Å². The molecule has 1 aromatic rings. The highest BCUT2D eigenvalue weighted by Crippen LogP contribution is 2.21. The second kappa shape index (κ2) is 5.98. The van der Waals surface area contributed by atoms with Crippen molar-refractivity contribution in [3.8, 4) is 0 Å². The van der Waals surface area contributed by atoms with Crippen molar-refractivity contribution in [1.82, 2.24) is 15.0 Å². The van der Waals surface area contributed by atoms with Crippen LogP contribution in [0.3, 0.4) is 0 Å². The van der Waals surface area contributed by atoms with Gasteiger partial charge in [0.15, 0.2) is 15.7 Å². The lowest BCUT2D eigenvalue weighted by Gasteiger charge is -2.19. The summed E-state index contributed by atoms with van der Waals surface area (Å²) >= 11 is 0. The van der Waals surface area contributed by atoms with E-state index in [9.17, 15) is 13.2 Å². The molecule has 22 heavy (non-hydrogen) atoms. The first-order valence-corrected chi connectivity index (χ1v) is 9.16. The van der Waals surface area contributed by atoms with Gasteiger partial charge < -0.3 is 9.42 Å². The fraction of sp³-hybridized carbons (Fsp3) is 0.786. The maximum absolute atomic E-state index is 12.4. The molecule has 124 valence electrons. The second-order valence-corrected chi connectivity index (χ2v) is 9.07. The molecule has 0 aromatic carbocycles. The van der Waals surface area contributed by atoms with Crippen molar-refractivity contribution in [2.24, 2.45) is 0 Å². The molecule has 0 unspecified atom stereocenters. The van der Waals surface area contributed by atoms with E-state index in [1.807, 2.05) is 20.8 Å². The zero-order chi connectivity index (χ0) is 16.5. The van der Waals surface area contributed by atoms with E-state index in [1.165, 1.54) is 6.92 Å². The molecule has 8 heteroatoms. The standard InChI is InChI=1S/C14H23N3O4S/c1-10(12(18)17-7-5-6-8-17)22(19,20)9-11-15-13(21-16-11)14(2,3)4/h10H,5-9H2,1-4H3/t10-/m0/s1. The molecule has 0 radical (unpaired) electrons. The molecule has 1 fully saturated rings. The summed E-state index contributed by atoms with van der Waals surface area (Å²) in [6.07, 6.45) is 1.86. The van der Waals surface area contributed by atoms with Crippen molar-refractivity contribution >= 4 is 15.7 Å². The van der Waals surface area contributed by atoms with Gasteiger partial charge in [0.2, 0.25) is 11.8 Å². The van der Waals surface area contributed by atoms with Crippen LogP contribution < -0.4 is 0 Å². The van der Waals surface area contributed by atoms with Gasteiger partial charge in [0, 0.05) is 18.5 Å². The summed E-state index contributed by atoms with van der Waals surface area (Å²) in [5.41, 5.74) is -0.341. The number of carbonyl (C=O) groups is 1. The third-order valence-corrected chi connectivity index (χ3v) is 5.68. The molecule has 0 aliphatic carbocycles. The van der Waals surface area contributed by atoms with Gasteiger partial charge in [-0.1, -0.05) is 25.9 Å². The van der Waals surface area contributed by atoms with E-state index in [0.717, 1.165) is 12.8 Å². The summed E-state index contributed by atoms with van der Waals surface area (Å²) in [6.45, 7) is 8.40. The summed E-state index contributed by atoms with van der Waals surface area (Å²) in [7, 11) is -3.66. The number of rotatable bonds is 4. The Bertz CT molecular complexity index is 639. The maximum atomic E-state index is 12.4. The molecule has 0 saturated carbocycles. The number of likely N-dealkylation sites (tertiary alicyclic amines) is 1. The second-order valence-electron chi connectivity index (χ2n) is 6.75. The van der Waals surface area contributed by atoms with Crippen LogP contribution >= 0.6 is 0 Å². The van der Waals surface area contributed by atoms with E-state index < -0.39 is 15.1 Å². The van der Waals surface area contributed by atoms with Crippen molar-refractivity contribution in [1.29, 1.82) is 0 Å². The number of nitrogens with zero attached hydrogens (tertiary/aromatic N) is 3. The van der Waals surface area contributed by atoms with E-state index >= 15 is 0 Å². The van der Waals surface area contributed by atoms with Crippen molar-refractivity contribution in [3.63, 3.8) is 0 Å². The first-order chi connectivity index (χ1) is 10.1. The molecule has 1 atom stereocenters. The van der Waals surface area contributed by atoms with Crippen LogP contribution in [0.15, 0.2) is 4.52 Å². The average molecular weight is 329 g/mol. The zero-order valence-corrected chi connectivity index (χ0v) is 14.3. The van der Waals surface area contributed by atoms with Crippen LogP contribution in [-0.4, -0.2) is 47.7 Å². The van der Waals surface area contributed by atoms with Gasteiger partial charge in [0.05, 0.1) is 0 Å². The monoisotopic (exact) mass is 329 g/mol. The van der Waals surface area contributed by atoms with Crippen LogP contribution in [0, 0.1) is 0 Å². The Kier molecular flexibility index (Phi) is 4.60. The highest BCUT2D eigenvalue weighted by molar-refractivity contribution is 7.92. The lowest BCUT2D eigenvalue weighted by atomic mass is 9.97. The quantitative estimate of drug-likeness (QED) is 0.826. The summed E-state index contributed by atoms with van der Waals surface area (Å²) < 4.78 is 29.9. The van der Waals surface area contributed by atoms with Crippen LogP contribution in [0.4, 0.5) is 0 Å². The molecular formula is C14H23N3O4S. The summed E-state index contributed by atoms with van der Waals surface area (Å²) in [5, 5.41) is 2.64. The fourth-order valence-electron chi connectivity index (χ4n) is 2.27. The first-order valence-electron chi connectivity index (χ1n) is 7.44. The zero-order valence-electron chi connectivity index (χ0n) is 13.5. The highest BCUT2D eigenvalue weighted by Gasteiger charge is 2.34. The minimum atomic E-state index is -3.66. The van der Waals surface area contributed by atoms with Crippen LogP contribution in [0.1, 0.15) is 52.3 Å². The predicted octanol–water partition coefficient (Wildman–Crippen LogP) is 1.29. The highest BCUT2D eigenvalue weighted by atomic mass is 32.2. The number of carbonyl (C=O) groups excluding carboxylic acids is 1. The Morgan fingerprint density at radius 1 is 1.32 bits per heavy atom. The van der Waals surface area contributed by atoms with Gasteiger partial charge in [-0.2, -0.15) is 4.98 Å². The lowest BCUT2D eigenvalue weighted by molar-refractivity contribution is -0.129. The smallest absolute Gasteiger partial charge is 0.240 e. The summed E-state index contributed by atoms with van der Waals surface area (Å²) in [4.78, 5) is 18.0. The number of amides is 1. The minimum absolute atomic E-state index is 0.103. The molecule has 1 aliphatic heterocycles. The normalized spacial score (nSPS) is 17.7. The van der Waals surface area contributed by atoms with Crippen molar-refractivity contribution in [2.45, 2.75) is 57.0 Å². The largest absolute Gasteiger partial charge is 0.342 e. The molecule has 1 amide bonds. The van der Waals surface area contributed by atoms with Crippen LogP contribution in [0.5, 0.6) is 0 Å². The number of hydrogen-bond donors (Lipinski definition) is 0. The Hall–Kier alpha value is -1.44. The molecule has 7 nitrogen and oxygen atoms in total. The summed E-state index contributed by atoms with van der Waals surface area (Å²) in [6, 6.07) is 0. The van der Waals surface area contributed by atoms with E-state index in [2.05, 4.69) is 10.1 Å². The third-order valence-electron chi connectivity index (χ3n) is 3.74. The van der Waals surface area contributed by atoms with Gasteiger partial charge in [-0.15, -0.1) is 0 Å². The number of aromatic nitrogens is 2. The first kappa shape index (κ1) is 16.9. The Balaban J connectivity index is 2.10. The topological polar surface area (TPSA) is 93.4 Å². The lowest BCUT2D eigenvalue weighted by Crippen LogP contribution is -2.40. The van der Waals surface area contributed by atoms with E-state index in [4.69, 9.17) is 4.52 Å². The summed E-state index contributed by atoms with van der Waals surface area (Å²) in [5.74, 6) is -0.230. The maximum Gasteiger partial charge on any atom is 0.240 e. The van der Waals surface area contributed by atoms with Gasteiger partial charge in [-0.05, 0) is 19.8 Å². The van der Waals surface area contributed by atoms with E-state index in [-0.39, 0.29) is 22.9 Å². The van der Waals surface area contributed by atoms with E-state index in [0.29, 0.717) is 19.0 Å². The molecule has 0 N–H and O–H groups in total. The number of hydrogen-bond acceptors (Lipinski definition) is 6. The van der Waals surface area contributed by atoms with Gasteiger partial charge in [-0.3, -0.25) is 4.79 Å². The van der Waals surface area contributed by atoms with E-state index in [1.54, 1.807) is 4.90 Å². The van der Waals surface area contributed by atoms with Crippen molar-refractivity contribution < 1.29 is 17.7 Å². The van der Waals surface area contributed by atoms with Crippen LogP contribution in [0.25, 0.3) is 0 Å². The minimum Gasteiger partial charge on any atom is -0.342 e. The predicted molar refractivity (Wildman–Crippen MR) is 80.9 cm³/mol. The Morgan fingerprint density at radius 2 is 1.91 bits per heavy atom. The molecule has 1 aliphatic rings. The van der Waals surface area contributed by atoms with Gasteiger partial charge >= 0.3 is 0 Å². The van der Waals surface area contributed by atoms with Crippen molar-refractivity contribution in [3.05, 3.63) is 11.7 Å². The van der Waals surface area contributed by atoms with Crippen LogP contribution in [0.2, 0.25) is 0 Å². The molecular weight excluding hydrogens is 306 g/mol. The molecule has 2 heterocycles. The SMILES string of the molecule is C[C@@H](C(=O)N1CCCC1)S(=O)(=O)Cc1noc(C(C)(C)C)n1. The fourth-order valence-corrected chi connectivity index (χ4v) is 3.45. The molecule has 1 saturated heterocycles. The average Bonchev–Trinajstić information content (AvgIpc) is 3.06. The van der Waals surface area contributed by atoms with Gasteiger partial charge in [-0.25, -0.2) is 8.42 Å². The van der Waals surface area contributed by atoms with Crippen molar-refractivity contribution in [2.75, 3.05) is 13.1 Å². The molecule has 0 bridgehead atoms. The van der Waals surface area contributed by atoms with Crippen LogP contribution in [-0.2, 0) is 25.8 Å².